The lowest BCUT2D eigenvalue weighted by Crippen LogP contribution is -2.38. The maximum atomic E-state index is 11.8. The first-order valence-corrected chi connectivity index (χ1v) is 9.10. The van der Waals surface area contributed by atoms with Crippen LogP contribution in [0.25, 0.3) is 0 Å². The van der Waals surface area contributed by atoms with E-state index < -0.39 is 5.60 Å². The number of anilines is 1. The molecular weight excluding hydrogens is 380 g/mol. The summed E-state index contributed by atoms with van der Waals surface area (Å²) >= 11 is 9.61. The quantitative estimate of drug-likeness (QED) is 0.725. The van der Waals surface area contributed by atoms with Gasteiger partial charge in [-0.05, 0) is 73.7 Å². The molecule has 4 nitrogen and oxygen atoms in total. The molecule has 2 rings (SSSR count). The lowest BCUT2D eigenvalue weighted by molar-refractivity contribution is 0.0519. The van der Waals surface area contributed by atoms with Crippen molar-refractivity contribution in [3.05, 3.63) is 27.7 Å². The number of alkyl carbamates (subject to hydrolysis) is 1. The second-order valence-electron chi connectivity index (χ2n) is 6.95. The van der Waals surface area contributed by atoms with E-state index in [-0.39, 0.29) is 6.09 Å². The van der Waals surface area contributed by atoms with Crippen LogP contribution < -0.4 is 10.6 Å². The molecule has 0 aromatic heterocycles. The van der Waals surface area contributed by atoms with Crippen LogP contribution >= 0.6 is 27.5 Å². The van der Waals surface area contributed by atoms with Gasteiger partial charge >= 0.3 is 6.09 Å². The van der Waals surface area contributed by atoms with Crippen molar-refractivity contribution < 1.29 is 9.53 Å². The van der Waals surface area contributed by atoms with Crippen molar-refractivity contribution in [3.63, 3.8) is 0 Å². The molecule has 0 bridgehead atoms. The molecule has 2 atom stereocenters. The number of carbonyl (C=O) groups is 1. The van der Waals surface area contributed by atoms with Crippen LogP contribution in [0.3, 0.4) is 0 Å². The average molecular weight is 404 g/mol. The van der Waals surface area contributed by atoms with E-state index in [2.05, 4.69) is 26.6 Å². The maximum absolute atomic E-state index is 11.8. The number of carbonyl (C=O) groups excluding carboxylic acids is 1. The number of halogens is 2. The third-order valence-electron chi connectivity index (χ3n) is 3.84. The Kier molecular flexibility index (Phi) is 6.20. The highest BCUT2D eigenvalue weighted by Gasteiger charge is 2.28. The van der Waals surface area contributed by atoms with Gasteiger partial charge in [-0.1, -0.05) is 18.0 Å². The molecule has 1 amide bonds. The second kappa shape index (κ2) is 7.75. The third kappa shape index (κ3) is 5.88. The number of amides is 1. The molecule has 1 aromatic carbocycles. The molecule has 2 N–H and O–H groups in total. The van der Waals surface area contributed by atoms with E-state index in [1.807, 2.05) is 39.0 Å². The van der Waals surface area contributed by atoms with Crippen LogP contribution in [0.4, 0.5) is 10.5 Å². The minimum absolute atomic E-state index is 0.319. The Labute approximate surface area is 151 Å². The van der Waals surface area contributed by atoms with Gasteiger partial charge in [0.1, 0.15) is 5.60 Å². The van der Waals surface area contributed by atoms with Crippen LogP contribution in [-0.4, -0.2) is 24.3 Å². The number of hydrogen-bond acceptors (Lipinski definition) is 3. The number of rotatable bonds is 4. The lowest BCUT2D eigenvalue weighted by atomic mass is 10.0. The molecule has 1 fully saturated rings. The Hall–Kier alpha value is -0.940. The molecule has 2 unspecified atom stereocenters. The monoisotopic (exact) mass is 402 g/mol. The number of ether oxygens (including phenoxy) is 1. The molecular formula is C17H24BrClN2O2. The molecule has 0 spiro atoms. The standard InChI is InChI=1S/C17H24BrClN2O2/c1-17(2,3)23-16(22)20-10-11-5-4-6-14(11)21-15-9-12(19)7-8-13(15)18/h7-9,11,14,21H,4-6,10H2,1-3H3,(H,20,22). The highest BCUT2D eigenvalue weighted by molar-refractivity contribution is 9.10. The van der Waals surface area contributed by atoms with Crippen LogP contribution in [-0.2, 0) is 4.74 Å². The summed E-state index contributed by atoms with van der Waals surface area (Å²) < 4.78 is 6.28. The van der Waals surface area contributed by atoms with Gasteiger partial charge in [0.25, 0.3) is 0 Å². The smallest absolute Gasteiger partial charge is 0.407 e. The molecule has 128 valence electrons. The summed E-state index contributed by atoms with van der Waals surface area (Å²) in [6, 6.07) is 6.03. The van der Waals surface area contributed by atoms with E-state index in [0.717, 1.165) is 29.4 Å². The van der Waals surface area contributed by atoms with Gasteiger partial charge in [-0.25, -0.2) is 4.79 Å². The summed E-state index contributed by atoms with van der Waals surface area (Å²) in [5.41, 5.74) is 0.523. The molecule has 1 aliphatic rings. The minimum Gasteiger partial charge on any atom is -0.444 e. The Morgan fingerprint density at radius 3 is 2.83 bits per heavy atom. The van der Waals surface area contributed by atoms with Crippen LogP contribution in [0.1, 0.15) is 40.0 Å². The van der Waals surface area contributed by atoms with Crippen LogP contribution in [0, 0.1) is 5.92 Å². The largest absolute Gasteiger partial charge is 0.444 e. The molecule has 0 saturated heterocycles. The maximum Gasteiger partial charge on any atom is 0.407 e. The van der Waals surface area contributed by atoms with Crippen molar-refractivity contribution in [2.24, 2.45) is 5.92 Å². The summed E-state index contributed by atoms with van der Waals surface area (Å²) in [7, 11) is 0. The van der Waals surface area contributed by atoms with Crippen molar-refractivity contribution in [1.29, 1.82) is 0 Å². The Morgan fingerprint density at radius 2 is 2.13 bits per heavy atom. The van der Waals surface area contributed by atoms with E-state index in [0.29, 0.717) is 23.5 Å². The Morgan fingerprint density at radius 1 is 1.39 bits per heavy atom. The van der Waals surface area contributed by atoms with Crippen molar-refractivity contribution in [2.45, 2.75) is 51.7 Å². The summed E-state index contributed by atoms with van der Waals surface area (Å²) in [5.74, 6) is 0.383. The van der Waals surface area contributed by atoms with Gasteiger partial charge in [0.15, 0.2) is 0 Å². The molecule has 23 heavy (non-hydrogen) atoms. The van der Waals surface area contributed by atoms with Crippen LogP contribution in [0.2, 0.25) is 5.02 Å². The van der Waals surface area contributed by atoms with E-state index >= 15 is 0 Å². The second-order valence-corrected chi connectivity index (χ2v) is 8.24. The fourth-order valence-electron chi connectivity index (χ4n) is 2.81. The van der Waals surface area contributed by atoms with Gasteiger partial charge in [0.05, 0.1) is 5.69 Å². The molecule has 0 heterocycles. The normalized spacial score (nSPS) is 21.1. The van der Waals surface area contributed by atoms with Gasteiger partial charge in [0, 0.05) is 22.1 Å². The molecule has 0 aliphatic heterocycles. The SMILES string of the molecule is CC(C)(C)OC(=O)NCC1CCCC1Nc1cc(Cl)ccc1Br. The van der Waals surface area contributed by atoms with Gasteiger partial charge < -0.3 is 15.4 Å². The van der Waals surface area contributed by atoms with Crippen molar-refractivity contribution in [1.82, 2.24) is 5.32 Å². The van der Waals surface area contributed by atoms with E-state index in [4.69, 9.17) is 16.3 Å². The summed E-state index contributed by atoms with van der Waals surface area (Å²) in [6.45, 7) is 6.21. The third-order valence-corrected chi connectivity index (χ3v) is 4.76. The zero-order valence-corrected chi connectivity index (χ0v) is 16.1. The van der Waals surface area contributed by atoms with Crippen molar-refractivity contribution in [3.8, 4) is 0 Å². The predicted octanol–water partition coefficient (Wildman–Crippen LogP) is 5.21. The summed E-state index contributed by atoms with van der Waals surface area (Å²) in [5, 5.41) is 7.14. The zero-order chi connectivity index (χ0) is 17.0. The van der Waals surface area contributed by atoms with Crippen molar-refractivity contribution in [2.75, 3.05) is 11.9 Å². The van der Waals surface area contributed by atoms with Gasteiger partial charge in [-0.2, -0.15) is 0 Å². The van der Waals surface area contributed by atoms with Gasteiger partial charge in [-0.3, -0.25) is 0 Å². The first-order chi connectivity index (χ1) is 10.7. The lowest BCUT2D eigenvalue weighted by Gasteiger charge is -2.24. The van der Waals surface area contributed by atoms with Crippen molar-refractivity contribution >= 4 is 39.3 Å². The zero-order valence-electron chi connectivity index (χ0n) is 13.8. The fraction of sp³-hybridized carbons (Fsp3) is 0.588. The highest BCUT2D eigenvalue weighted by Crippen LogP contribution is 2.32. The summed E-state index contributed by atoms with van der Waals surface area (Å²) in [4.78, 5) is 11.8. The van der Waals surface area contributed by atoms with E-state index in [1.54, 1.807) is 0 Å². The first kappa shape index (κ1) is 18.4. The molecule has 1 saturated carbocycles. The summed E-state index contributed by atoms with van der Waals surface area (Å²) in [6.07, 6.45) is 2.97. The number of nitrogens with one attached hydrogen (secondary N) is 2. The highest BCUT2D eigenvalue weighted by atomic mass is 79.9. The fourth-order valence-corrected chi connectivity index (χ4v) is 3.34. The molecule has 1 aliphatic carbocycles. The predicted molar refractivity (Wildman–Crippen MR) is 98.1 cm³/mol. The van der Waals surface area contributed by atoms with Crippen LogP contribution in [0.5, 0.6) is 0 Å². The molecule has 6 heteroatoms. The Bertz CT molecular complexity index is 560. The average Bonchev–Trinajstić information content (AvgIpc) is 2.86. The first-order valence-electron chi connectivity index (χ1n) is 7.93. The van der Waals surface area contributed by atoms with Gasteiger partial charge in [0.2, 0.25) is 0 Å². The molecule has 0 radical (unpaired) electrons. The Balaban J connectivity index is 1.90. The number of hydrogen-bond donors (Lipinski definition) is 2. The van der Waals surface area contributed by atoms with E-state index in [1.165, 1.54) is 0 Å². The topological polar surface area (TPSA) is 50.4 Å². The van der Waals surface area contributed by atoms with Crippen LogP contribution in [0.15, 0.2) is 22.7 Å². The number of benzene rings is 1. The molecule has 1 aromatic rings. The van der Waals surface area contributed by atoms with Gasteiger partial charge in [-0.15, -0.1) is 0 Å². The minimum atomic E-state index is -0.469. The van der Waals surface area contributed by atoms with E-state index in [9.17, 15) is 4.79 Å².